The largest absolute Gasteiger partial charge is 0.394 e. The molecule has 0 aromatic heterocycles. The van der Waals surface area contributed by atoms with Crippen LogP contribution in [0.5, 0.6) is 0 Å². The van der Waals surface area contributed by atoms with Gasteiger partial charge in [-0.2, -0.15) is 0 Å². The third-order valence-corrected chi connectivity index (χ3v) is 2.40. The molecule has 0 aliphatic carbocycles. The van der Waals surface area contributed by atoms with Gasteiger partial charge in [-0.25, -0.2) is 0 Å². The number of para-hydroxylation sites is 2. The van der Waals surface area contributed by atoms with E-state index in [9.17, 15) is 9.90 Å². The Balaban J connectivity index is 2.65. The van der Waals surface area contributed by atoms with Crippen molar-refractivity contribution in [2.75, 3.05) is 44.4 Å². The molecule has 0 radical (unpaired) electrons. The van der Waals surface area contributed by atoms with Gasteiger partial charge in [-0.15, -0.1) is 0 Å². The smallest absolute Gasteiger partial charge is 0.238 e. The van der Waals surface area contributed by atoms with Crippen molar-refractivity contribution in [3.8, 4) is 0 Å². The molecule has 19 heavy (non-hydrogen) atoms. The van der Waals surface area contributed by atoms with Crippen LogP contribution in [-0.2, 0) is 4.79 Å². The van der Waals surface area contributed by atoms with Gasteiger partial charge in [0.2, 0.25) is 5.91 Å². The maximum absolute atomic E-state index is 11.7. The van der Waals surface area contributed by atoms with Gasteiger partial charge < -0.3 is 25.7 Å². The fourth-order valence-electron chi connectivity index (χ4n) is 1.52. The van der Waals surface area contributed by atoms with E-state index in [0.29, 0.717) is 17.9 Å². The van der Waals surface area contributed by atoms with Crippen LogP contribution in [-0.4, -0.2) is 60.9 Å². The first kappa shape index (κ1) is 15.4. The quantitative estimate of drug-likeness (QED) is 0.557. The van der Waals surface area contributed by atoms with E-state index in [-0.39, 0.29) is 19.1 Å². The highest BCUT2D eigenvalue weighted by Crippen LogP contribution is 2.20. The van der Waals surface area contributed by atoms with Crippen LogP contribution in [0.2, 0.25) is 0 Å². The molecule has 4 N–H and O–H groups in total. The van der Waals surface area contributed by atoms with E-state index >= 15 is 0 Å². The molecule has 0 fully saturated rings. The predicted octanol–water partition coefficient (Wildman–Crippen LogP) is -0.0482. The maximum Gasteiger partial charge on any atom is 0.238 e. The molecular formula is C13H21N3O3. The topological polar surface area (TPSA) is 84.8 Å². The second-order valence-electron chi connectivity index (χ2n) is 4.55. The van der Waals surface area contributed by atoms with Crippen LogP contribution in [0.4, 0.5) is 11.4 Å². The Kier molecular flexibility index (Phi) is 6.27. The van der Waals surface area contributed by atoms with Gasteiger partial charge in [0.05, 0.1) is 30.6 Å². The molecule has 1 aromatic carbocycles. The molecule has 1 rings (SSSR count). The number of carbonyl (C=O) groups is 1. The lowest BCUT2D eigenvalue weighted by molar-refractivity contribution is -0.116. The summed E-state index contributed by atoms with van der Waals surface area (Å²) in [6.45, 7) is 0.215. The average molecular weight is 267 g/mol. The van der Waals surface area contributed by atoms with Crippen LogP contribution in [0.1, 0.15) is 0 Å². The number of benzene rings is 1. The molecule has 6 heteroatoms. The fraction of sp³-hybridized carbons (Fsp3) is 0.462. The summed E-state index contributed by atoms with van der Waals surface area (Å²) in [5.74, 6) is -0.109. The Morgan fingerprint density at radius 2 is 1.95 bits per heavy atom. The van der Waals surface area contributed by atoms with E-state index in [1.54, 1.807) is 17.0 Å². The highest BCUT2D eigenvalue weighted by molar-refractivity contribution is 5.95. The second kappa shape index (κ2) is 7.73. The van der Waals surface area contributed by atoms with Crippen LogP contribution < -0.4 is 10.6 Å². The van der Waals surface area contributed by atoms with E-state index in [1.807, 2.05) is 26.2 Å². The molecule has 1 amide bonds. The molecule has 0 heterocycles. The van der Waals surface area contributed by atoms with Crippen molar-refractivity contribution in [3.05, 3.63) is 24.3 Å². The molecule has 0 saturated heterocycles. The fourth-order valence-corrected chi connectivity index (χ4v) is 1.52. The highest BCUT2D eigenvalue weighted by atomic mass is 16.3. The number of carbonyl (C=O) groups excluding carboxylic acids is 1. The SMILES string of the molecule is CN(C)CC(=O)Nc1ccccc1NCC(O)CO. The van der Waals surface area contributed by atoms with E-state index in [1.165, 1.54) is 0 Å². The molecule has 1 atom stereocenters. The summed E-state index contributed by atoms with van der Waals surface area (Å²) in [6.07, 6.45) is -0.828. The van der Waals surface area contributed by atoms with E-state index < -0.39 is 6.10 Å². The van der Waals surface area contributed by atoms with Crippen LogP contribution >= 0.6 is 0 Å². The Morgan fingerprint density at radius 1 is 1.32 bits per heavy atom. The maximum atomic E-state index is 11.7. The third-order valence-electron chi connectivity index (χ3n) is 2.40. The third kappa shape index (κ3) is 5.69. The molecule has 1 aromatic rings. The van der Waals surface area contributed by atoms with E-state index in [4.69, 9.17) is 5.11 Å². The van der Waals surface area contributed by atoms with Crippen molar-refractivity contribution in [2.24, 2.45) is 0 Å². The number of aliphatic hydroxyl groups excluding tert-OH is 2. The van der Waals surface area contributed by atoms with Crippen molar-refractivity contribution in [2.45, 2.75) is 6.10 Å². The Morgan fingerprint density at radius 3 is 2.53 bits per heavy atom. The zero-order valence-corrected chi connectivity index (χ0v) is 11.3. The van der Waals surface area contributed by atoms with Crippen LogP contribution in [0.3, 0.4) is 0 Å². The van der Waals surface area contributed by atoms with Gasteiger partial charge in [-0.1, -0.05) is 12.1 Å². The normalized spacial score (nSPS) is 12.3. The molecular weight excluding hydrogens is 246 g/mol. The van der Waals surface area contributed by atoms with Gasteiger partial charge in [0.25, 0.3) is 0 Å². The number of anilines is 2. The highest BCUT2D eigenvalue weighted by Gasteiger charge is 2.08. The number of nitrogens with zero attached hydrogens (tertiary/aromatic N) is 1. The summed E-state index contributed by atoms with van der Waals surface area (Å²) in [4.78, 5) is 13.5. The van der Waals surface area contributed by atoms with Gasteiger partial charge in [0.1, 0.15) is 0 Å². The number of hydrogen-bond donors (Lipinski definition) is 4. The van der Waals surface area contributed by atoms with Crippen LogP contribution in [0.25, 0.3) is 0 Å². The van der Waals surface area contributed by atoms with E-state index in [0.717, 1.165) is 0 Å². The minimum atomic E-state index is -0.828. The zero-order valence-electron chi connectivity index (χ0n) is 11.3. The first-order chi connectivity index (χ1) is 9.02. The number of aliphatic hydroxyl groups is 2. The lowest BCUT2D eigenvalue weighted by atomic mass is 10.2. The molecule has 1 unspecified atom stereocenters. The molecule has 0 spiro atoms. The van der Waals surface area contributed by atoms with Gasteiger partial charge >= 0.3 is 0 Å². The summed E-state index contributed by atoms with van der Waals surface area (Å²) < 4.78 is 0. The van der Waals surface area contributed by atoms with Gasteiger partial charge in [0.15, 0.2) is 0 Å². The predicted molar refractivity (Wildman–Crippen MR) is 75.2 cm³/mol. The summed E-state index contributed by atoms with van der Waals surface area (Å²) >= 11 is 0. The molecule has 0 aliphatic rings. The van der Waals surface area contributed by atoms with Crippen molar-refractivity contribution in [1.82, 2.24) is 4.90 Å². The number of nitrogens with one attached hydrogen (secondary N) is 2. The summed E-state index contributed by atoms with van der Waals surface area (Å²) in [5.41, 5.74) is 1.36. The summed E-state index contributed by atoms with van der Waals surface area (Å²) in [5, 5.41) is 23.8. The first-order valence-electron chi connectivity index (χ1n) is 6.09. The van der Waals surface area contributed by atoms with Crippen molar-refractivity contribution < 1.29 is 15.0 Å². The minimum Gasteiger partial charge on any atom is -0.394 e. The van der Waals surface area contributed by atoms with E-state index in [2.05, 4.69) is 10.6 Å². The monoisotopic (exact) mass is 267 g/mol. The second-order valence-corrected chi connectivity index (χ2v) is 4.55. The van der Waals surface area contributed by atoms with Crippen molar-refractivity contribution in [1.29, 1.82) is 0 Å². The zero-order chi connectivity index (χ0) is 14.3. The molecule has 0 saturated carbocycles. The average Bonchev–Trinajstić information content (AvgIpc) is 2.36. The number of likely N-dealkylation sites (N-methyl/N-ethyl adjacent to an activating group) is 1. The Hall–Kier alpha value is -1.63. The number of hydrogen-bond acceptors (Lipinski definition) is 5. The minimum absolute atomic E-state index is 0.109. The lowest BCUT2D eigenvalue weighted by Gasteiger charge is -2.16. The Bertz CT molecular complexity index is 410. The van der Waals surface area contributed by atoms with Crippen molar-refractivity contribution >= 4 is 17.3 Å². The molecule has 6 nitrogen and oxygen atoms in total. The number of rotatable bonds is 7. The molecule has 0 bridgehead atoms. The summed E-state index contributed by atoms with van der Waals surface area (Å²) in [7, 11) is 3.64. The molecule has 106 valence electrons. The van der Waals surface area contributed by atoms with Crippen LogP contribution in [0, 0.1) is 0 Å². The summed E-state index contributed by atoms with van der Waals surface area (Å²) in [6, 6.07) is 7.23. The first-order valence-corrected chi connectivity index (χ1v) is 6.09. The van der Waals surface area contributed by atoms with Crippen molar-refractivity contribution in [3.63, 3.8) is 0 Å². The molecule has 0 aliphatic heterocycles. The van der Waals surface area contributed by atoms with Gasteiger partial charge in [-0.05, 0) is 26.2 Å². The van der Waals surface area contributed by atoms with Gasteiger partial charge in [0, 0.05) is 6.54 Å². The standard InChI is InChI=1S/C13H21N3O3/c1-16(2)8-13(19)15-12-6-4-3-5-11(12)14-7-10(18)9-17/h3-6,10,14,17-18H,7-9H2,1-2H3,(H,15,19). The van der Waals surface area contributed by atoms with Gasteiger partial charge in [-0.3, -0.25) is 4.79 Å². The Labute approximate surface area is 113 Å². The lowest BCUT2D eigenvalue weighted by Crippen LogP contribution is -2.28. The number of amides is 1. The van der Waals surface area contributed by atoms with Crippen LogP contribution in [0.15, 0.2) is 24.3 Å².